The number of carbonyl (C=O) groups excluding carboxylic acids is 2. The molecule has 2 aromatic carbocycles. The van der Waals surface area contributed by atoms with Crippen LogP contribution in [0.5, 0.6) is 0 Å². The van der Waals surface area contributed by atoms with Gasteiger partial charge in [-0.2, -0.15) is 13.2 Å². The van der Waals surface area contributed by atoms with E-state index in [9.17, 15) is 31.9 Å². The van der Waals surface area contributed by atoms with E-state index in [1.807, 2.05) is 0 Å². The third-order valence-corrected chi connectivity index (χ3v) is 5.55. The first kappa shape index (κ1) is 22.4. The molecule has 1 heterocycles. The first-order valence-electron chi connectivity index (χ1n) is 10.1. The van der Waals surface area contributed by atoms with Crippen LogP contribution in [0.4, 0.5) is 23.2 Å². The molecule has 1 aliphatic rings. The van der Waals surface area contributed by atoms with Gasteiger partial charge in [-0.25, -0.2) is 4.39 Å². The lowest BCUT2D eigenvalue weighted by Crippen LogP contribution is -2.33. The smallest absolute Gasteiger partial charge is 0.322 e. The summed E-state index contributed by atoms with van der Waals surface area (Å²) in [5.74, 6) is -1.56. The van der Waals surface area contributed by atoms with Crippen LogP contribution in [0.25, 0.3) is 5.69 Å². The lowest BCUT2D eigenvalue weighted by molar-refractivity contribution is -0.137. The summed E-state index contributed by atoms with van der Waals surface area (Å²) in [6.45, 7) is 1.58. The molecule has 1 aliphatic carbocycles. The Morgan fingerprint density at radius 1 is 1.00 bits per heavy atom. The number of hydrogen-bond donors (Lipinski definition) is 1. The van der Waals surface area contributed by atoms with Crippen molar-refractivity contribution in [2.75, 3.05) is 5.32 Å². The van der Waals surface area contributed by atoms with Gasteiger partial charge < -0.3 is 5.32 Å². The van der Waals surface area contributed by atoms with Gasteiger partial charge >= 0.3 is 6.18 Å². The van der Waals surface area contributed by atoms with Gasteiger partial charge in [0.2, 0.25) is 0 Å². The van der Waals surface area contributed by atoms with E-state index in [1.54, 1.807) is 6.92 Å². The van der Waals surface area contributed by atoms with Crippen LogP contribution in [0.2, 0.25) is 0 Å². The number of pyridine rings is 1. The van der Waals surface area contributed by atoms with Gasteiger partial charge in [0.1, 0.15) is 11.4 Å². The maximum absolute atomic E-state index is 13.4. The number of carbonyl (C=O) groups is 2. The molecule has 0 saturated carbocycles. The summed E-state index contributed by atoms with van der Waals surface area (Å²) in [5, 5.41) is 2.54. The van der Waals surface area contributed by atoms with E-state index in [-0.39, 0.29) is 34.7 Å². The molecule has 4 rings (SSSR count). The topological polar surface area (TPSA) is 68.2 Å². The van der Waals surface area contributed by atoms with Crippen molar-refractivity contribution in [2.24, 2.45) is 0 Å². The predicted molar refractivity (Wildman–Crippen MR) is 113 cm³/mol. The van der Waals surface area contributed by atoms with Gasteiger partial charge in [-0.1, -0.05) is 0 Å². The summed E-state index contributed by atoms with van der Waals surface area (Å²) in [6.07, 6.45) is -3.48. The Bertz CT molecular complexity index is 1330. The summed E-state index contributed by atoms with van der Waals surface area (Å²) >= 11 is 0. The van der Waals surface area contributed by atoms with E-state index >= 15 is 0 Å². The van der Waals surface area contributed by atoms with Crippen LogP contribution in [-0.4, -0.2) is 16.3 Å². The Morgan fingerprint density at radius 2 is 1.70 bits per heavy atom. The maximum Gasteiger partial charge on any atom is 0.416 e. The van der Waals surface area contributed by atoms with Crippen LogP contribution in [0.15, 0.2) is 53.3 Å². The maximum atomic E-state index is 13.4. The second-order valence-electron chi connectivity index (χ2n) is 7.79. The highest BCUT2D eigenvalue weighted by Gasteiger charge is 2.31. The second kappa shape index (κ2) is 8.31. The van der Waals surface area contributed by atoms with Crippen LogP contribution in [-0.2, 0) is 12.6 Å². The monoisotopic (exact) mass is 458 g/mol. The number of aromatic nitrogens is 1. The van der Waals surface area contributed by atoms with Crippen LogP contribution < -0.4 is 10.9 Å². The zero-order valence-electron chi connectivity index (χ0n) is 17.4. The minimum Gasteiger partial charge on any atom is -0.322 e. The average molecular weight is 458 g/mol. The summed E-state index contributed by atoms with van der Waals surface area (Å²) in [5.41, 5.74) is -0.622. The number of amides is 1. The van der Waals surface area contributed by atoms with Crippen molar-refractivity contribution in [3.05, 3.63) is 92.6 Å². The Hall–Kier alpha value is -3.75. The number of anilines is 1. The largest absolute Gasteiger partial charge is 0.416 e. The van der Waals surface area contributed by atoms with Gasteiger partial charge in [-0.15, -0.1) is 0 Å². The van der Waals surface area contributed by atoms with Gasteiger partial charge in [0.25, 0.3) is 11.5 Å². The summed E-state index contributed by atoms with van der Waals surface area (Å²) in [7, 11) is 0. The van der Waals surface area contributed by atoms with Crippen LogP contribution in [0.3, 0.4) is 0 Å². The molecule has 5 nitrogen and oxygen atoms in total. The third kappa shape index (κ3) is 4.30. The molecule has 1 N–H and O–H groups in total. The zero-order valence-corrected chi connectivity index (χ0v) is 17.4. The van der Waals surface area contributed by atoms with Crippen LogP contribution in [0, 0.1) is 12.7 Å². The number of fused-ring (bicyclic) bond motifs is 1. The number of hydrogen-bond acceptors (Lipinski definition) is 3. The number of alkyl halides is 3. The second-order valence-corrected chi connectivity index (χ2v) is 7.79. The Labute approximate surface area is 185 Å². The van der Waals surface area contributed by atoms with Crippen molar-refractivity contribution >= 4 is 17.4 Å². The fourth-order valence-corrected chi connectivity index (χ4v) is 3.88. The van der Waals surface area contributed by atoms with Crippen molar-refractivity contribution in [1.29, 1.82) is 0 Å². The van der Waals surface area contributed by atoms with E-state index in [0.29, 0.717) is 24.1 Å². The lowest BCUT2D eigenvalue weighted by atomic mass is 9.92. The predicted octanol–water partition coefficient (Wildman–Crippen LogP) is 5.08. The van der Waals surface area contributed by atoms with Gasteiger partial charge in [-0.05, 0) is 73.9 Å². The number of nitrogens with one attached hydrogen (secondary N) is 1. The van der Waals surface area contributed by atoms with Crippen LogP contribution in [0.1, 0.15) is 50.4 Å². The molecule has 0 aliphatic heterocycles. The van der Waals surface area contributed by atoms with Gasteiger partial charge in [0, 0.05) is 29.1 Å². The minimum absolute atomic E-state index is 0.117. The normalized spacial score (nSPS) is 13.5. The summed E-state index contributed by atoms with van der Waals surface area (Å²) in [6, 6.07) is 8.89. The Morgan fingerprint density at radius 3 is 2.33 bits per heavy atom. The molecule has 3 aromatic rings. The first-order valence-corrected chi connectivity index (χ1v) is 10.1. The van der Waals surface area contributed by atoms with Gasteiger partial charge in [-0.3, -0.25) is 19.0 Å². The van der Waals surface area contributed by atoms with Crippen molar-refractivity contribution < 1.29 is 27.2 Å². The fourth-order valence-electron chi connectivity index (χ4n) is 3.88. The van der Waals surface area contributed by atoms with E-state index in [1.165, 1.54) is 18.2 Å². The molecular formula is C24H18F4N2O3. The van der Waals surface area contributed by atoms with Crippen molar-refractivity contribution in [1.82, 2.24) is 4.57 Å². The molecule has 170 valence electrons. The molecule has 0 atom stereocenters. The zero-order chi connectivity index (χ0) is 23.9. The molecule has 0 radical (unpaired) electrons. The fraction of sp³-hybridized carbons (Fsp3) is 0.208. The number of rotatable bonds is 3. The number of Topliss-reactive ketones (excluding diaryl/α,β-unsaturated/α-hetero) is 1. The standard InChI is InChI=1S/C24H18F4N2O3/c1-13-11-15(25)7-10-19(13)29-22(32)18-12-17-20(3-2-4-21(17)31)30(23(18)33)16-8-5-14(6-9-16)24(26,27)28/h5-12H,2-4H2,1H3,(H,29,32). The number of nitrogens with zero attached hydrogens (tertiary/aromatic N) is 1. The molecular weight excluding hydrogens is 440 g/mol. The van der Waals surface area contributed by atoms with Crippen LogP contribution >= 0.6 is 0 Å². The molecule has 0 spiro atoms. The highest BCUT2D eigenvalue weighted by atomic mass is 19.4. The minimum atomic E-state index is -4.55. The molecule has 33 heavy (non-hydrogen) atoms. The number of ketones is 1. The van der Waals surface area contributed by atoms with E-state index in [0.717, 1.165) is 34.9 Å². The molecule has 9 heteroatoms. The van der Waals surface area contributed by atoms with Crippen molar-refractivity contribution in [2.45, 2.75) is 32.4 Å². The number of aryl methyl sites for hydroxylation is 1. The first-order chi connectivity index (χ1) is 15.6. The van der Waals surface area contributed by atoms with Crippen molar-refractivity contribution in [3.63, 3.8) is 0 Å². The molecule has 0 bridgehead atoms. The number of benzene rings is 2. The highest BCUT2D eigenvalue weighted by molar-refractivity contribution is 6.07. The Balaban J connectivity index is 1.84. The molecule has 0 saturated heterocycles. The van der Waals surface area contributed by atoms with E-state index in [4.69, 9.17) is 0 Å². The molecule has 1 amide bonds. The highest BCUT2D eigenvalue weighted by Crippen LogP contribution is 2.30. The molecule has 0 unspecified atom stereocenters. The third-order valence-electron chi connectivity index (χ3n) is 5.55. The number of halogens is 4. The summed E-state index contributed by atoms with van der Waals surface area (Å²) in [4.78, 5) is 38.8. The van der Waals surface area contributed by atoms with Gasteiger partial charge in [0.15, 0.2) is 5.78 Å². The molecule has 1 aromatic heterocycles. The summed E-state index contributed by atoms with van der Waals surface area (Å²) < 4.78 is 53.4. The average Bonchev–Trinajstić information content (AvgIpc) is 2.75. The van der Waals surface area contributed by atoms with E-state index < -0.39 is 29.0 Å². The lowest BCUT2D eigenvalue weighted by Gasteiger charge is -2.22. The molecule has 0 fully saturated rings. The Kier molecular flexibility index (Phi) is 5.65. The van der Waals surface area contributed by atoms with Crippen molar-refractivity contribution in [3.8, 4) is 5.69 Å². The van der Waals surface area contributed by atoms with Gasteiger partial charge in [0.05, 0.1) is 5.56 Å². The quantitative estimate of drug-likeness (QED) is 0.557. The SMILES string of the molecule is Cc1cc(F)ccc1NC(=O)c1cc2c(n(-c3ccc(C(F)(F)F)cc3)c1=O)CCCC2=O. The van der Waals surface area contributed by atoms with E-state index in [2.05, 4.69) is 5.32 Å².